The van der Waals surface area contributed by atoms with Gasteiger partial charge in [0.25, 0.3) is 0 Å². The molecule has 0 N–H and O–H groups in total. The van der Waals surface area contributed by atoms with Gasteiger partial charge in [-0.25, -0.2) is 9.67 Å². The molecule has 0 aliphatic heterocycles. The van der Waals surface area contributed by atoms with E-state index >= 15 is 0 Å². The molecular weight excluding hydrogens is 528 g/mol. The predicted octanol–water partition coefficient (Wildman–Crippen LogP) is 8.08. The molecular formula is C23H16Cl5N3O2. The van der Waals surface area contributed by atoms with Crippen LogP contribution in [0.4, 0.5) is 0 Å². The molecule has 4 rings (SSSR count). The Labute approximate surface area is 215 Å². The molecule has 0 spiro atoms. The lowest BCUT2D eigenvalue weighted by Crippen LogP contribution is -2.26. The highest BCUT2D eigenvalue weighted by Crippen LogP contribution is 2.38. The van der Waals surface area contributed by atoms with Crippen molar-refractivity contribution in [2.75, 3.05) is 0 Å². The van der Waals surface area contributed by atoms with Crippen molar-refractivity contribution in [3.8, 4) is 5.75 Å². The molecule has 5 nitrogen and oxygen atoms in total. The van der Waals surface area contributed by atoms with Gasteiger partial charge >= 0.3 is 0 Å². The minimum atomic E-state index is -0.765. The van der Waals surface area contributed by atoms with Crippen LogP contribution in [0.15, 0.2) is 73.3 Å². The zero-order valence-electron chi connectivity index (χ0n) is 16.8. The van der Waals surface area contributed by atoms with E-state index in [1.54, 1.807) is 65.3 Å². The average Bonchev–Trinajstić information content (AvgIpc) is 3.31. The molecule has 0 aliphatic carbocycles. The van der Waals surface area contributed by atoms with Crippen molar-refractivity contribution in [3.05, 3.63) is 110 Å². The van der Waals surface area contributed by atoms with Gasteiger partial charge in [-0.3, -0.25) is 0 Å². The summed E-state index contributed by atoms with van der Waals surface area (Å²) < 4.78 is 14.2. The summed E-state index contributed by atoms with van der Waals surface area (Å²) >= 11 is 31.1. The zero-order valence-corrected chi connectivity index (χ0v) is 20.6. The van der Waals surface area contributed by atoms with Crippen molar-refractivity contribution in [3.63, 3.8) is 0 Å². The molecule has 3 aromatic carbocycles. The van der Waals surface area contributed by atoms with Crippen LogP contribution in [0.1, 0.15) is 23.5 Å². The Hall–Kier alpha value is -1.99. The summed E-state index contributed by atoms with van der Waals surface area (Å²) in [6.07, 6.45) is 1.47. The van der Waals surface area contributed by atoms with Crippen LogP contribution in [-0.2, 0) is 11.3 Å². The van der Waals surface area contributed by atoms with Crippen molar-refractivity contribution < 1.29 is 9.47 Å². The lowest BCUT2D eigenvalue weighted by molar-refractivity contribution is -0.0743. The number of aromatic nitrogens is 3. The van der Waals surface area contributed by atoms with Gasteiger partial charge in [-0.15, -0.1) is 0 Å². The van der Waals surface area contributed by atoms with E-state index in [1.165, 1.54) is 12.7 Å². The quantitative estimate of drug-likeness (QED) is 0.225. The van der Waals surface area contributed by atoms with Crippen molar-refractivity contribution in [2.24, 2.45) is 0 Å². The monoisotopic (exact) mass is 541 g/mol. The summed E-state index contributed by atoms with van der Waals surface area (Å²) in [5, 5.41) is 6.79. The molecule has 170 valence electrons. The number of hydrogen-bond acceptors (Lipinski definition) is 4. The molecule has 33 heavy (non-hydrogen) atoms. The molecule has 0 saturated carbocycles. The molecule has 4 aromatic rings. The average molecular weight is 544 g/mol. The maximum atomic E-state index is 6.56. The topological polar surface area (TPSA) is 49.2 Å². The summed E-state index contributed by atoms with van der Waals surface area (Å²) in [7, 11) is 0. The van der Waals surface area contributed by atoms with Crippen LogP contribution < -0.4 is 4.74 Å². The van der Waals surface area contributed by atoms with Gasteiger partial charge in [0.2, 0.25) is 6.23 Å². The Kier molecular flexibility index (Phi) is 8.02. The Morgan fingerprint density at radius 2 is 1.45 bits per heavy atom. The molecule has 0 bridgehead atoms. The van der Waals surface area contributed by atoms with E-state index in [2.05, 4.69) is 10.1 Å². The van der Waals surface area contributed by atoms with Crippen molar-refractivity contribution in [2.45, 2.75) is 18.9 Å². The largest absolute Gasteiger partial charge is 0.465 e. The van der Waals surface area contributed by atoms with E-state index in [9.17, 15) is 0 Å². The molecule has 0 saturated heterocycles. The highest BCUT2D eigenvalue weighted by Gasteiger charge is 2.31. The minimum Gasteiger partial charge on any atom is -0.465 e. The van der Waals surface area contributed by atoms with Crippen LogP contribution >= 0.6 is 58.0 Å². The molecule has 0 fully saturated rings. The first-order chi connectivity index (χ1) is 15.9. The number of hydrogen-bond donors (Lipinski definition) is 0. The summed E-state index contributed by atoms with van der Waals surface area (Å²) in [5.41, 5.74) is 1.40. The fourth-order valence-corrected chi connectivity index (χ4v) is 4.24. The zero-order chi connectivity index (χ0) is 23.4. The number of ether oxygens (including phenoxy) is 2. The molecule has 0 amide bonds. The molecule has 0 radical (unpaired) electrons. The van der Waals surface area contributed by atoms with Gasteiger partial charge in [-0.1, -0.05) is 70.1 Å². The Balaban J connectivity index is 1.73. The fourth-order valence-electron chi connectivity index (χ4n) is 3.13. The third kappa shape index (κ3) is 6.12. The second-order valence-corrected chi connectivity index (χ2v) is 9.09. The first-order valence-electron chi connectivity index (χ1n) is 9.67. The minimum absolute atomic E-state index is 0.162. The standard InChI is InChI=1S/C23H16Cl5N3O2/c24-15-3-6-18(7-4-15)33-23(31-13-29-12-30-31)22(19-8-5-17(26)10-21(19)28)32-11-14-1-2-16(25)9-20(14)27/h1-10,12-13,22-23H,11H2. The van der Waals surface area contributed by atoms with Gasteiger partial charge < -0.3 is 9.47 Å². The van der Waals surface area contributed by atoms with Gasteiger partial charge in [-0.05, 0) is 54.1 Å². The van der Waals surface area contributed by atoms with Crippen LogP contribution in [0, 0.1) is 0 Å². The second kappa shape index (κ2) is 11.0. The third-order valence-electron chi connectivity index (χ3n) is 4.73. The van der Waals surface area contributed by atoms with Crippen molar-refractivity contribution >= 4 is 58.0 Å². The van der Waals surface area contributed by atoms with E-state index in [0.717, 1.165) is 5.56 Å². The fraction of sp³-hybridized carbons (Fsp3) is 0.130. The Bertz CT molecular complexity index is 1220. The summed E-state index contributed by atoms with van der Waals surface area (Å²) in [5.74, 6) is 0.558. The second-order valence-electron chi connectivity index (χ2n) is 6.97. The highest BCUT2D eigenvalue weighted by molar-refractivity contribution is 6.35. The number of halogens is 5. The molecule has 0 aliphatic rings. The van der Waals surface area contributed by atoms with Crippen LogP contribution in [-0.4, -0.2) is 14.8 Å². The van der Waals surface area contributed by atoms with Gasteiger partial charge in [0.1, 0.15) is 24.5 Å². The maximum Gasteiger partial charge on any atom is 0.223 e. The number of benzene rings is 3. The van der Waals surface area contributed by atoms with E-state index < -0.39 is 12.3 Å². The summed E-state index contributed by atoms with van der Waals surface area (Å²) in [6, 6.07) is 17.3. The molecule has 2 atom stereocenters. The normalized spacial score (nSPS) is 13.0. The highest BCUT2D eigenvalue weighted by atomic mass is 35.5. The van der Waals surface area contributed by atoms with Crippen LogP contribution in [0.5, 0.6) is 5.75 Å². The van der Waals surface area contributed by atoms with E-state index in [-0.39, 0.29) is 6.61 Å². The molecule has 1 aromatic heterocycles. The molecule has 1 heterocycles. The Morgan fingerprint density at radius 3 is 2.09 bits per heavy atom. The molecule has 2 unspecified atom stereocenters. The first-order valence-corrected chi connectivity index (χ1v) is 11.6. The van der Waals surface area contributed by atoms with Crippen LogP contribution in [0.3, 0.4) is 0 Å². The molecule has 10 heteroatoms. The van der Waals surface area contributed by atoms with Gasteiger partial charge in [0, 0.05) is 30.7 Å². The SMILES string of the molecule is Clc1ccc(OC(C(OCc2ccc(Cl)cc2Cl)c2ccc(Cl)cc2Cl)n2cncn2)cc1. The Morgan fingerprint density at radius 1 is 0.788 bits per heavy atom. The third-order valence-corrected chi connectivity index (χ3v) is 6.13. The van der Waals surface area contributed by atoms with Gasteiger partial charge in [0.05, 0.1) is 6.61 Å². The summed E-state index contributed by atoms with van der Waals surface area (Å²) in [4.78, 5) is 4.06. The van der Waals surface area contributed by atoms with Gasteiger partial charge in [-0.2, -0.15) is 5.10 Å². The van der Waals surface area contributed by atoms with Crippen molar-refractivity contribution in [1.29, 1.82) is 0 Å². The maximum absolute atomic E-state index is 6.56. The smallest absolute Gasteiger partial charge is 0.223 e. The van der Waals surface area contributed by atoms with Crippen LogP contribution in [0.2, 0.25) is 25.1 Å². The van der Waals surface area contributed by atoms with E-state index in [4.69, 9.17) is 67.5 Å². The number of nitrogens with zero attached hydrogens (tertiary/aromatic N) is 3. The summed E-state index contributed by atoms with van der Waals surface area (Å²) in [6.45, 7) is 0.162. The lowest BCUT2D eigenvalue weighted by atomic mass is 10.1. The number of rotatable bonds is 8. The van der Waals surface area contributed by atoms with Crippen LogP contribution in [0.25, 0.3) is 0 Å². The van der Waals surface area contributed by atoms with E-state index in [1.807, 2.05) is 0 Å². The first kappa shape index (κ1) is 24.1. The van der Waals surface area contributed by atoms with E-state index in [0.29, 0.717) is 36.4 Å². The van der Waals surface area contributed by atoms with Crippen molar-refractivity contribution in [1.82, 2.24) is 14.8 Å². The lowest BCUT2D eigenvalue weighted by Gasteiger charge is -2.29. The predicted molar refractivity (Wildman–Crippen MR) is 132 cm³/mol. The van der Waals surface area contributed by atoms with Gasteiger partial charge in [0.15, 0.2) is 0 Å².